The molecular formula is C22H34N2O3S. The Morgan fingerprint density at radius 3 is 2.75 bits per heavy atom. The van der Waals surface area contributed by atoms with Crippen LogP contribution in [-0.2, 0) is 14.3 Å². The number of rotatable bonds is 12. The van der Waals surface area contributed by atoms with E-state index >= 15 is 0 Å². The standard InChI is InChI=1S/C22H34N2O3S/c1-4-5-6-10-15-22(21(25)27-3,28-20-13-8-7-9-14-20)18-23-24-16-11-12-19(24)17-26-2/h7-9,13-14,18-19H,4-6,10-12,15-17H2,1-3H3/b23-18+/t19-,22+/m0/s1. The van der Waals surface area contributed by atoms with Crippen molar-refractivity contribution in [3.63, 3.8) is 0 Å². The van der Waals surface area contributed by atoms with Gasteiger partial charge in [0.25, 0.3) is 0 Å². The number of carbonyl (C=O) groups is 1. The van der Waals surface area contributed by atoms with Crippen LogP contribution in [-0.4, -0.2) is 55.4 Å². The van der Waals surface area contributed by atoms with Gasteiger partial charge in [-0.25, -0.2) is 0 Å². The third-order valence-corrected chi connectivity index (χ3v) is 6.44. The van der Waals surface area contributed by atoms with Gasteiger partial charge in [0.2, 0.25) is 0 Å². The molecule has 156 valence electrons. The van der Waals surface area contributed by atoms with Crippen LogP contribution in [0.15, 0.2) is 40.3 Å². The lowest BCUT2D eigenvalue weighted by atomic mass is 10.0. The van der Waals surface area contributed by atoms with Crippen molar-refractivity contribution in [2.45, 2.75) is 67.6 Å². The Labute approximate surface area is 173 Å². The molecule has 1 saturated heterocycles. The third kappa shape index (κ3) is 6.52. The SMILES string of the molecule is CCCCCC[C@](/C=N/N1CCC[C@H]1COC)(Sc1ccccc1)C(=O)OC. The quantitative estimate of drug-likeness (QED) is 0.217. The maximum atomic E-state index is 12.9. The summed E-state index contributed by atoms with van der Waals surface area (Å²) in [5.74, 6) is -0.232. The van der Waals surface area contributed by atoms with Gasteiger partial charge in [-0.05, 0) is 31.4 Å². The molecule has 0 radical (unpaired) electrons. The van der Waals surface area contributed by atoms with Crippen LogP contribution in [0.25, 0.3) is 0 Å². The first-order valence-electron chi connectivity index (χ1n) is 10.3. The number of benzene rings is 1. The number of unbranched alkanes of at least 4 members (excludes halogenated alkanes) is 3. The van der Waals surface area contributed by atoms with E-state index in [2.05, 4.69) is 11.9 Å². The van der Waals surface area contributed by atoms with Gasteiger partial charge in [-0.3, -0.25) is 9.80 Å². The summed E-state index contributed by atoms with van der Waals surface area (Å²) in [5.41, 5.74) is 0. The van der Waals surface area contributed by atoms with E-state index in [0.717, 1.165) is 43.5 Å². The normalized spacial score (nSPS) is 19.1. The van der Waals surface area contributed by atoms with E-state index in [-0.39, 0.29) is 12.0 Å². The predicted octanol–water partition coefficient (Wildman–Crippen LogP) is 4.76. The number of methoxy groups -OCH3 is 2. The Morgan fingerprint density at radius 1 is 1.29 bits per heavy atom. The Balaban J connectivity index is 2.25. The molecule has 1 aliphatic heterocycles. The Kier molecular flexibility index (Phi) is 9.85. The van der Waals surface area contributed by atoms with Crippen molar-refractivity contribution in [1.29, 1.82) is 0 Å². The van der Waals surface area contributed by atoms with E-state index in [1.165, 1.54) is 13.5 Å². The fourth-order valence-electron chi connectivity index (χ4n) is 3.53. The second-order valence-corrected chi connectivity index (χ2v) is 8.67. The number of hydrazone groups is 1. The van der Waals surface area contributed by atoms with Gasteiger partial charge in [0.15, 0.2) is 4.75 Å². The molecule has 1 aromatic carbocycles. The van der Waals surface area contributed by atoms with Crippen LogP contribution in [0.5, 0.6) is 0 Å². The predicted molar refractivity (Wildman–Crippen MR) is 116 cm³/mol. The molecule has 5 nitrogen and oxygen atoms in total. The molecular weight excluding hydrogens is 372 g/mol. The highest BCUT2D eigenvalue weighted by atomic mass is 32.2. The molecule has 28 heavy (non-hydrogen) atoms. The second kappa shape index (κ2) is 12.1. The molecule has 0 bridgehead atoms. The molecule has 0 unspecified atom stereocenters. The van der Waals surface area contributed by atoms with Crippen LogP contribution in [0.2, 0.25) is 0 Å². The summed E-state index contributed by atoms with van der Waals surface area (Å²) in [6, 6.07) is 10.3. The van der Waals surface area contributed by atoms with Crippen LogP contribution in [0.3, 0.4) is 0 Å². The van der Waals surface area contributed by atoms with Crippen molar-refractivity contribution in [2.75, 3.05) is 27.4 Å². The van der Waals surface area contributed by atoms with E-state index in [1.54, 1.807) is 18.9 Å². The van der Waals surface area contributed by atoms with Crippen molar-refractivity contribution in [1.82, 2.24) is 5.01 Å². The minimum atomic E-state index is -0.815. The van der Waals surface area contributed by atoms with E-state index < -0.39 is 4.75 Å². The summed E-state index contributed by atoms with van der Waals surface area (Å²) < 4.78 is 9.76. The van der Waals surface area contributed by atoms with Gasteiger partial charge >= 0.3 is 5.97 Å². The van der Waals surface area contributed by atoms with Gasteiger partial charge in [0.05, 0.1) is 26.0 Å². The first-order chi connectivity index (χ1) is 13.6. The largest absolute Gasteiger partial charge is 0.468 e. The maximum Gasteiger partial charge on any atom is 0.327 e. The molecule has 0 amide bonds. The molecule has 1 aliphatic rings. The zero-order valence-electron chi connectivity index (χ0n) is 17.4. The zero-order valence-corrected chi connectivity index (χ0v) is 18.2. The number of hydrogen-bond acceptors (Lipinski definition) is 6. The van der Waals surface area contributed by atoms with Crippen LogP contribution in [0.4, 0.5) is 0 Å². The highest BCUT2D eigenvalue weighted by molar-refractivity contribution is 8.02. The molecule has 1 fully saturated rings. The molecule has 0 saturated carbocycles. The topological polar surface area (TPSA) is 51.1 Å². The first kappa shape index (κ1) is 22.8. The number of thioether (sulfide) groups is 1. The van der Waals surface area contributed by atoms with Crippen molar-refractivity contribution in [3.8, 4) is 0 Å². The van der Waals surface area contributed by atoms with Gasteiger partial charge in [0.1, 0.15) is 0 Å². The van der Waals surface area contributed by atoms with E-state index in [9.17, 15) is 4.79 Å². The molecule has 2 atom stereocenters. The molecule has 0 aliphatic carbocycles. The van der Waals surface area contributed by atoms with Gasteiger partial charge in [-0.1, -0.05) is 50.8 Å². The first-order valence-corrected chi connectivity index (χ1v) is 11.1. The zero-order chi connectivity index (χ0) is 20.2. The summed E-state index contributed by atoms with van der Waals surface area (Å²) >= 11 is 1.54. The number of hydrogen-bond donors (Lipinski definition) is 0. The Morgan fingerprint density at radius 2 is 2.07 bits per heavy atom. The summed E-state index contributed by atoms with van der Waals surface area (Å²) in [5, 5.41) is 6.83. The van der Waals surface area contributed by atoms with Crippen LogP contribution in [0, 0.1) is 0 Å². The summed E-state index contributed by atoms with van der Waals surface area (Å²) in [6.07, 6.45) is 9.12. The van der Waals surface area contributed by atoms with Crippen molar-refractivity contribution < 1.29 is 14.3 Å². The van der Waals surface area contributed by atoms with Gasteiger partial charge in [0, 0.05) is 18.6 Å². The molecule has 6 heteroatoms. The Hall–Kier alpha value is -1.53. The van der Waals surface area contributed by atoms with Gasteiger partial charge < -0.3 is 9.47 Å². The summed E-state index contributed by atoms with van der Waals surface area (Å²) in [6.45, 7) is 3.75. The van der Waals surface area contributed by atoms with Gasteiger partial charge in [-0.15, -0.1) is 11.8 Å². The average Bonchev–Trinajstić information content (AvgIpc) is 3.17. The smallest absolute Gasteiger partial charge is 0.327 e. The lowest BCUT2D eigenvalue weighted by Gasteiger charge is -2.28. The third-order valence-electron chi connectivity index (χ3n) is 5.10. The number of carbonyl (C=O) groups excluding carboxylic acids is 1. The van der Waals surface area contributed by atoms with E-state index in [0.29, 0.717) is 13.0 Å². The van der Waals surface area contributed by atoms with Crippen molar-refractivity contribution >= 4 is 23.9 Å². The molecule has 0 aromatic heterocycles. The summed E-state index contributed by atoms with van der Waals surface area (Å²) in [7, 11) is 3.18. The van der Waals surface area contributed by atoms with Crippen LogP contribution >= 0.6 is 11.8 Å². The maximum absolute atomic E-state index is 12.9. The van der Waals surface area contributed by atoms with Crippen LogP contribution in [0.1, 0.15) is 51.9 Å². The lowest BCUT2D eigenvalue weighted by molar-refractivity contribution is -0.141. The monoisotopic (exact) mass is 406 g/mol. The molecule has 0 N–H and O–H groups in total. The van der Waals surface area contributed by atoms with Crippen molar-refractivity contribution in [3.05, 3.63) is 30.3 Å². The number of esters is 1. The van der Waals surface area contributed by atoms with E-state index in [4.69, 9.17) is 14.6 Å². The lowest BCUT2D eigenvalue weighted by Crippen LogP contribution is -2.40. The summed E-state index contributed by atoms with van der Waals surface area (Å²) in [4.78, 5) is 14.0. The molecule has 2 rings (SSSR count). The van der Waals surface area contributed by atoms with Crippen molar-refractivity contribution in [2.24, 2.45) is 5.10 Å². The van der Waals surface area contributed by atoms with E-state index in [1.807, 2.05) is 36.5 Å². The fourth-order valence-corrected chi connectivity index (χ4v) is 4.75. The number of nitrogens with zero attached hydrogens (tertiary/aromatic N) is 2. The molecule has 1 heterocycles. The molecule has 1 aromatic rings. The number of ether oxygens (including phenoxy) is 2. The average molecular weight is 407 g/mol. The minimum Gasteiger partial charge on any atom is -0.468 e. The second-order valence-electron chi connectivity index (χ2n) is 7.27. The van der Waals surface area contributed by atoms with Crippen LogP contribution < -0.4 is 0 Å². The highest BCUT2D eigenvalue weighted by Gasteiger charge is 2.40. The highest BCUT2D eigenvalue weighted by Crippen LogP contribution is 2.37. The Bertz CT molecular complexity index is 611. The molecule has 0 spiro atoms. The fraction of sp³-hybridized carbons (Fsp3) is 0.636. The minimum absolute atomic E-state index is 0.232. The van der Waals surface area contributed by atoms with Gasteiger partial charge in [-0.2, -0.15) is 5.10 Å².